The number of aliphatic hydroxyl groups is 2. The van der Waals surface area contributed by atoms with Crippen LogP contribution in [0.3, 0.4) is 0 Å². The van der Waals surface area contributed by atoms with Gasteiger partial charge in [-0.15, -0.1) is 0 Å². The van der Waals surface area contributed by atoms with Crippen molar-refractivity contribution in [3.05, 3.63) is 79.7 Å². The fourth-order valence-electron chi connectivity index (χ4n) is 2.66. The molecule has 0 saturated carbocycles. The van der Waals surface area contributed by atoms with Crippen molar-refractivity contribution >= 4 is 53.0 Å². The molecule has 0 aliphatic heterocycles. The number of carbonyl (C=O) groups excluding carboxylic acids is 1. The number of aliphatic carboxylic acids is 2. The molecule has 2 aromatic rings. The van der Waals surface area contributed by atoms with E-state index in [0.29, 0.717) is 27.5 Å². The molecule has 0 fully saturated rings. The minimum atomic E-state index is -1.18. The molecular weight excluding hydrogens is 678 g/mol. The van der Waals surface area contributed by atoms with Gasteiger partial charge in [-0.1, -0.05) is 48.8 Å². The van der Waals surface area contributed by atoms with Gasteiger partial charge in [-0.3, -0.25) is 14.4 Å². The second-order valence-corrected chi connectivity index (χ2v) is 8.85. The van der Waals surface area contributed by atoms with E-state index in [1.54, 1.807) is 26.0 Å². The Bertz CT molecular complexity index is 1280. The summed E-state index contributed by atoms with van der Waals surface area (Å²) in [6, 6.07) is 4.72. The first-order valence-electron chi connectivity index (χ1n) is 11.3. The largest absolute Gasteiger partial charge is 1.00 e. The summed E-state index contributed by atoms with van der Waals surface area (Å²) in [6.45, 7) is 19.5. The van der Waals surface area contributed by atoms with Crippen LogP contribution in [0.25, 0.3) is 9.69 Å². The average molecular weight is 713 g/mol. The van der Waals surface area contributed by atoms with E-state index in [2.05, 4.69) is 14.6 Å². The number of aliphatic hydroxyl groups excluding tert-OH is 2. The standard InChI is InChI=1S/C13H14ClNO3.C8H5ClFN.C4H9NO3.CH2O3.CH4.2K.H/c1-7-9(4-5-11(15-3)12(7)14)6-10(8(2)16)13(17)18;1-5-6(10)3-4-7(11-2)8(5)9;1-2(6)3(5)4(7)8;2-1-4-3;;;;/h4-5,8,10,16H,6H2,1-2H3,(H,17,18);3-4H,1H3;2-3,6H,5H2,1H3,(H,7,8);1,3H;1H4;;;/q;;;;;2*+1;-1/p-1/t8-,10+;;2-,3+;;;;;/m0.0...../s1. The van der Waals surface area contributed by atoms with Gasteiger partial charge in [-0.05, 0) is 56.9 Å². The number of hydrogen-bond donors (Lipinski definition) is 5. The maximum Gasteiger partial charge on any atom is 1.00 e. The maximum atomic E-state index is 12.7. The average Bonchev–Trinajstić information content (AvgIpc) is 2.92. The third-order valence-electron chi connectivity index (χ3n) is 5.20. The summed E-state index contributed by atoms with van der Waals surface area (Å²) in [4.78, 5) is 38.5. The van der Waals surface area contributed by atoms with Gasteiger partial charge >= 0.3 is 115 Å². The molecule has 2 aromatic carbocycles. The SMILES string of the molecule is C.C[C@H](O)[C@@H](N)C(=O)O.O=CO[O-].[C-]#[N+]c1ccc(C[C@@H](C(=O)O)[C@H](C)O)c(C)c1Cl.[C-]#[N+]c1ccc(F)c(C)c1Cl.[H-].[K+].[K+]. The Morgan fingerprint density at radius 1 is 1.00 bits per heavy atom. The molecule has 0 bridgehead atoms. The van der Waals surface area contributed by atoms with Gasteiger partial charge in [0, 0.05) is 0 Å². The van der Waals surface area contributed by atoms with Crippen LogP contribution >= 0.6 is 23.2 Å². The van der Waals surface area contributed by atoms with Gasteiger partial charge in [0.1, 0.15) is 11.9 Å². The van der Waals surface area contributed by atoms with Crippen molar-refractivity contribution in [3.8, 4) is 0 Å². The molecule has 2 rings (SSSR count). The summed E-state index contributed by atoms with van der Waals surface area (Å²) in [5, 5.41) is 44.0. The van der Waals surface area contributed by atoms with E-state index in [-0.39, 0.29) is 135 Å². The van der Waals surface area contributed by atoms with Crippen LogP contribution < -0.4 is 114 Å². The third kappa shape index (κ3) is 19.9. The van der Waals surface area contributed by atoms with Crippen LogP contribution in [0.15, 0.2) is 24.3 Å². The molecule has 4 atom stereocenters. The van der Waals surface area contributed by atoms with Gasteiger partial charge in [0.15, 0.2) is 0 Å². The maximum absolute atomic E-state index is 12.7. The molecule has 0 aromatic heterocycles. The second-order valence-electron chi connectivity index (χ2n) is 8.10. The Balaban J connectivity index is -0.000000122. The molecule has 44 heavy (non-hydrogen) atoms. The molecule has 0 spiro atoms. The molecule has 17 heteroatoms. The molecular formula is C27H34Cl2FK2N3O9. The van der Waals surface area contributed by atoms with Gasteiger partial charge in [0.25, 0.3) is 6.47 Å². The number of carbonyl (C=O) groups is 3. The Hall–Kier alpha value is -0.547. The molecule has 0 unspecified atom stereocenters. The van der Waals surface area contributed by atoms with E-state index in [1.165, 1.54) is 26.0 Å². The number of rotatable bonds is 7. The summed E-state index contributed by atoms with van der Waals surface area (Å²) in [6.07, 6.45) is -1.73. The Kier molecular flexibility index (Phi) is 34.5. The quantitative estimate of drug-likeness (QED) is 0.0713. The number of halogens is 3. The van der Waals surface area contributed by atoms with Crippen molar-refractivity contribution < 1.29 is 154 Å². The van der Waals surface area contributed by atoms with Crippen molar-refractivity contribution in [1.29, 1.82) is 0 Å². The first-order valence-corrected chi connectivity index (χ1v) is 12.0. The van der Waals surface area contributed by atoms with E-state index >= 15 is 0 Å². The zero-order valence-electron chi connectivity index (χ0n) is 25.3. The zero-order valence-corrected chi connectivity index (χ0v) is 32.1. The molecule has 0 aliphatic rings. The van der Waals surface area contributed by atoms with Crippen molar-refractivity contribution in [2.24, 2.45) is 11.7 Å². The van der Waals surface area contributed by atoms with Gasteiger partial charge in [-0.2, -0.15) is 0 Å². The number of carboxylic acid groups (broad SMARTS) is 2. The van der Waals surface area contributed by atoms with Crippen molar-refractivity contribution in [1.82, 2.24) is 0 Å². The minimum absolute atomic E-state index is 0. The molecule has 234 valence electrons. The van der Waals surface area contributed by atoms with Crippen molar-refractivity contribution in [2.45, 2.75) is 59.8 Å². The molecule has 12 nitrogen and oxygen atoms in total. The molecule has 0 saturated heterocycles. The van der Waals surface area contributed by atoms with Gasteiger partial charge in [0.2, 0.25) is 11.4 Å². The fourth-order valence-corrected chi connectivity index (χ4v) is 3.08. The van der Waals surface area contributed by atoms with E-state index in [4.69, 9.17) is 67.5 Å². The van der Waals surface area contributed by atoms with E-state index in [0.717, 1.165) is 5.56 Å². The van der Waals surface area contributed by atoms with Gasteiger partial charge in [-0.25, -0.2) is 14.1 Å². The van der Waals surface area contributed by atoms with Gasteiger partial charge in [0.05, 0.1) is 41.3 Å². The molecule has 0 aliphatic carbocycles. The van der Waals surface area contributed by atoms with Crippen LogP contribution in [-0.4, -0.2) is 57.1 Å². The molecule has 0 radical (unpaired) electrons. The summed E-state index contributed by atoms with van der Waals surface area (Å²) in [7, 11) is 0. The third-order valence-corrected chi connectivity index (χ3v) is 6.16. The minimum Gasteiger partial charge on any atom is -1.00 e. The number of hydrogen-bond acceptors (Lipinski definition) is 8. The first kappa shape index (κ1) is 53.0. The van der Waals surface area contributed by atoms with Crippen LogP contribution in [0, 0.1) is 38.7 Å². The summed E-state index contributed by atoms with van der Waals surface area (Å²) in [5.74, 6) is -3.48. The van der Waals surface area contributed by atoms with Crippen molar-refractivity contribution in [3.63, 3.8) is 0 Å². The predicted octanol–water partition coefficient (Wildman–Crippen LogP) is -1.87. The number of nitrogens with two attached hydrogens (primary N) is 1. The fraction of sp³-hybridized carbons (Fsp3) is 0.370. The first-order chi connectivity index (χ1) is 19.0. The Morgan fingerprint density at radius 2 is 1.41 bits per heavy atom. The summed E-state index contributed by atoms with van der Waals surface area (Å²) in [5.41, 5.74) is 7.32. The van der Waals surface area contributed by atoms with Gasteiger partial charge < -0.3 is 37.7 Å². The Labute approximate surface area is 352 Å². The van der Waals surface area contributed by atoms with Crippen LogP contribution in [0.1, 0.15) is 39.4 Å². The predicted molar refractivity (Wildman–Crippen MR) is 154 cm³/mol. The molecule has 0 heterocycles. The van der Waals surface area contributed by atoms with Crippen LogP contribution in [0.5, 0.6) is 0 Å². The number of carboxylic acids is 2. The van der Waals surface area contributed by atoms with Crippen LogP contribution in [-0.2, 0) is 25.7 Å². The number of benzene rings is 2. The monoisotopic (exact) mass is 711 g/mol. The summed E-state index contributed by atoms with van der Waals surface area (Å²) >= 11 is 11.7. The number of nitrogens with zero attached hydrogens (tertiary/aromatic N) is 2. The van der Waals surface area contributed by atoms with Crippen LogP contribution in [0.4, 0.5) is 15.8 Å². The Morgan fingerprint density at radius 3 is 1.70 bits per heavy atom. The summed E-state index contributed by atoms with van der Waals surface area (Å²) < 4.78 is 12.7. The topological polar surface area (TPSA) is 199 Å². The van der Waals surface area contributed by atoms with E-state index < -0.39 is 36.1 Å². The molecule has 6 N–H and O–H groups in total. The van der Waals surface area contributed by atoms with Crippen LogP contribution in [0.2, 0.25) is 10.0 Å². The van der Waals surface area contributed by atoms with Crippen molar-refractivity contribution in [2.75, 3.05) is 0 Å². The normalized spacial score (nSPS) is 11.6. The second kappa shape index (κ2) is 28.7. The smallest absolute Gasteiger partial charge is 1.00 e. The molecule has 0 amide bonds. The van der Waals surface area contributed by atoms with E-state index in [9.17, 15) is 19.1 Å². The zero-order chi connectivity index (χ0) is 32.4. The van der Waals surface area contributed by atoms with E-state index in [1.807, 2.05) is 0 Å².